The van der Waals surface area contributed by atoms with Gasteiger partial charge in [0.15, 0.2) is 0 Å². The first-order valence-electron chi connectivity index (χ1n) is 7.90. The number of hydrogen-bond acceptors (Lipinski definition) is 4. The summed E-state index contributed by atoms with van der Waals surface area (Å²) >= 11 is 1.86. The van der Waals surface area contributed by atoms with Gasteiger partial charge >= 0.3 is 0 Å². The zero-order valence-electron chi connectivity index (χ0n) is 13.4. The third-order valence-corrected chi connectivity index (χ3v) is 5.08. The van der Waals surface area contributed by atoms with Gasteiger partial charge in [-0.3, -0.25) is 4.90 Å². The van der Waals surface area contributed by atoms with Gasteiger partial charge in [-0.2, -0.15) is 0 Å². The van der Waals surface area contributed by atoms with E-state index in [-0.39, 0.29) is 0 Å². The Morgan fingerprint density at radius 3 is 2.85 bits per heavy atom. The quantitative estimate of drug-likeness (QED) is 0.873. The van der Waals surface area contributed by atoms with Crippen LogP contribution in [0.5, 0.6) is 0 Å². The maximum Gasteiger partial charge on any atom is 0.107 e. The third-order valence-electron chi connectivity index (χ3n) is 4.02. The van der Waals surface area contributed by atoms with Crippen molar-refractivity contribution in [3.63, 3.8) is 0 Å². The van der Waals surface area contributed by atoms with Crippen LogP contribution >= 0.6 is 11.3 Å². The Morgan fingerprint density at radius 2 is 2.20 bits per heavy atom. The standard InChI is InChI=1S/C16H29N3S/c1-12(2)8-17-9-15-6-5-7-19(10-15)11-16-18-13(3)14(4)20-16/h12,15,17H,5-11H2,1-4H3. The Bertz CT molecular complexity index is 394. The maximum atomic E-state index is 4.68. The molecule has 1 aromatic rings. The summed E-state index contributed by atoms with van der Waals surface area (Å²) in [5, 5.41) is 4.90. The molecule has 2 heterocycles. The van der Waals surface area contributed by atoms with Gasteiger partial charge < -0.3 is 5.32 Å². The van der Waals surface area contributed by atoms with Crippen LogP contribution in [0, 0.1) is 25.7 Å². The molecule has 0 bridgehead atoms. The van der Waals surface area contributed by atoms with Crippen molar-refractivity contribution in [1.82, 2.24) is 15.2 Å². The smallest absolute Gasteiger partial charge is 0.107 e. The van der Waals surface area contributed by atoms with Crippen molar-refractivity contribution in [2.45, 2.75) is 47.1 Å². The van der Waals surface area contributed by atoms with Gasteiger partial charge in [-0.1, -0.05) is 13.8 Å². The summed E-state index contributed by atoms with van der Waals surface area (Å²) in [5.41, 5.74) is 1.21. The molecular weight excluding hydrogens is 266 g/mol. The summed E-state index contributed by atoms with van der Waals surface area (Å²) in [6.07, 6.45) is 2.70. The SMILES string of the molecule is Cc1nc(CN2CCCC(CNCC(C)C)C2)sc1C. The van der Waals surface area contributed by atoms with Crippen LogP contribution in [0.15, 0.2) is 0 Å². The first-order valence-corrected chi connectivity index (χ1v) is 8.72. The molecule has 4 heteroatoms. The van der Waals surface area contributed by atoms with Gasteiger partial charge in [0.1, 0.15) is 5.01 Å². The van der Waals surface area contributed by atoms with Gasteiger partial charge in [0.2, 0.25) is 0 Å². The lowest BCUT2D eigenvalue weighted by molar-refractivity contribution is 0.164. The zero-order valence-corrected chi connectivity index (χ0v) is 14.2. The van der Waals surface area contributed by atoms with Crippen LogP contribution in [0.3, 0.4) is 0 Å². The van der Waals surface area contributed by atoms with Crippen molar-refractivity contribution in [1.29, 1.82) is 0 Å². The van der Waals surface area contributed by atoms with Gasteiger partial charge in [0.25, 0.3) is 0 Å². The predicted molar refractivity (Wildman–Crippen MR) is 87.3 cm³/mol. The number of hydrogen-bond donors (Lipinski definition) is 1. The number of aryl methyl sites for hydroxylation is 2. The molecule has 114 valence electrons. The number of thiazole rings is 1. The molecular formula is C16H29N3S. The van der Waals surface area contributed by atoms with Gasteiger partial charge in [-0.15, -0.1) is 11.3 Å². The fraction of sp³-hybridized carbons (Fsp3) is 0.812. The average Bonchev–Trinajstić information content (AvgIpc) is 2.68. The molecule has 0 saturated carbocycles. The van der Waals surface area contributed by atoms with Gasteiger partial charge in [-0.05, 0) is 58.2 Å². The highest BCUT2D eigenvalue weighted by atomic mass is 32.1. The molecule has 0 aromatic carbocycles. The average molecular weight is 295 g/mol. The Morgan fingerprint density at radius 1 is 1.40 bits per heavy atom. The summed E-state index contributed by atoms with van der Waals surface area (Å²) in [6, 6.07) is 0. The molecule has 1 aliphatic heterocycles. The third kappa shape index (κ3) is 4.83. The van der Waals surface area contributed by atoms with Crippen LogP contribution < -0.4 is 5.32 Å². The molecule has 0 amide bonds. The second kappa shape index (κ2) is 7.53. The summed E-state index contributed by atoms with van der Waals surface area (Å²) in [5.74, 6) is 1.56. The largest absolute Gasteiger partial charge is 0.316 e. The Kier molecular flexibility index (Phi) is 6.00. The minimum Gasteiger partial charge on any atom is -0.316 e. The predicted octanol–water partition coefficient (Wildman–Crippen LogP) is 3.22. The first kappa shape index (κ1) is 15.9. The molecule has 1 aliphatic rings. The lowest BCUT2D eigenvalue weighted by Crippen LogP contribution is -2.39. The molecule has 1 unspecified atom stereocenters. The van der Waals surface area contributed by atoms with E-state index < -0.39 is 0 Å². The molecule has 1 N–H and O–H groups in total. The molecule has 0 spiro atoms. The van der Waals surface area contributed by atoms with Crippen LogP contribution in [0.2, 0.25) is 0 Å². The van der Waals surface area contributed by atoms with E-state index in [1.165, 1.54) is 48.1 Å². The van der Waals surface area contributed by atoms with Crippen molar-refractivity contribution in [2.24, 2.45) is 11.8 Å². The molecule has 0 radical (unpaired) electrons. The lowest BCUT2D eigenvalue weighted by Gasteiger charge is -2.32. The van der Waals surface area contributed by atoms with E-state index in [0.29, 0.717) is 0 Å². The number of piperidine rings is 1. The van der Waals surface area contributed by atoms with Crippen LogP contribution in [0.25, 0.3) is 0 Å². The van der Waals surface area contributed by atoms with E-state index in [2.05, 4.69) is 42.9 Å². The summed E-state index contributed by atoms with van der Waals surface area (Å²) < 4.78 is 0. The van der Waals surface area contributed by atoms with Crippen molar-refractivity contribution in [3.05, 3.63) is 15.6 Å². The summed E-state index contributed by atoms with van der Waals surface area (Å²) in [4.78, 5) is 8.63. The zero-order chi connectivity index (χ0) is 14.5. The van der Waals surface area contributed by atoms with E-state index in [0.717, 1.165) is 24.9 Å². The van der Waals surface area contributed by atoms with Crippen molar-refractivity contribution in [2.75, 3.05) is 26.2 Å². The molecule has 1 fully saturated rings. The Labute approximate surface area is 127 Å². The highest BCUT2D eigenvalue weighted by molar-refractivity contribution is 7.11. The Balaban J connectivity index is 1.78. The van der Waals surface area contributed by atoms with Gasteiger partial charge in [-0.25, -0.2) is 4.98 Å². The molecule has 2 rings (SSSR count). The summed E-state index contributed by atoms with van der Waals surface area (Å²) in [6.45, 7) is 14.6. The van der Waals surface area contributed by atoms with Gasteiger partial charge in [0, 0.05) is 11.4 Å². The van der Waals surface area contributed by atoms with Crippen molar-refractivity contribution in [3.8, 4) is 0 Å². The second-order valence-electron chi connectivity index (χ2n) is 6.54. The van der Waals surface area contributed by atoms with Crippen LogP contribution in [-0.2, 0) is 6.54 Å². The Hall–Kier alpha value is -0.450. The normalized spacial score (nSPS) is 20.8. The molecule has 20 heavy (non-hydrogen) atoms. The van der Waals surface area contributed by atoms with Gasteiger partial charge in [0.05, 0.1) is 12.2 Å². The van der Waals surface area contributed by atoms with E-state index >= 15 is 0 Å². The lowest BCUT2D eigenvalue weighted by atomic mass is 9.98. The number of nitrogens with one attached hydrogen (secondary N) is 1. The van der Waals surface area contributed by atoms with E-state index in [1.54, 1.807) is 0 Å². The molecule has 3 nitrogen and oxygen atoms in total. The molecule has 0 aliphatic carbocycles. The highest BCUT2D eigenvalue weighted by Gasteiger charge is 2.20. The molecule has 1 atom stereocenters. The van der Waals surface area contributed by atoms with Crippen LogP contribution in [-0.4, -0.2) is 36.1 Å². The minimum atomic E-state index is 0.746. The first-order chi connectivity index (χ1) is 9.54. The number of likely N-dealkylation sites (tertiary alicyclic amines) is 1. The van der Waals surface area contributed by atoms with Crippen molar-refractivity contribution < 1.29 is 0 Å². The molecule has 1 saturated heterocycles. The fourth-order valence-electron chi connectivity index (χ4n) is 2.84. The summed E-state index contributed by atoms with van der Waals surface area (Å²) in [7, 11) is 0. The van der Waals surface area contributed by atoms with E-state index in [1.807, 2.05) is 11.3 Å². The topological polar surface area (TPSA) is 28.2 Å². The minimum absolute atomic E-state index is 0.746. The number of nitrogens with zero attached hydrogens (tertiary/aromatic N) is 2. The van der Waals surface area contributed by atoms with E-state index in [4.69, 9.17) is 0 Å². The van der Waals surface area contributed by atoms with Crippen molar-refractivity contribution >= 4 is 11.3 Å². The van der Waals surface area contributed by atoms with Crippen LogP contribution in [0.4, 0.5) is 0 Å². The fourth-order valence-corrected chi connectivity index (χ4v) is 3.81. The second-order valence-corrected chi connectivity index (χ2v) is 7.83. The maximum absolute atomic E-state index is 4.68. The van der Waals surface area contributed by atoms with Crippen LogP contribution in [0.1, 0.15) is 42.3 Å². The number of aromatic nitrogens is 1. The number of rotatable bonds is 6. The molecule has 1 aromatic heterocycles. The monoisotopic (exact) mass is 295 g/mol. The van der Waals surface area contributed by atoms with E-state index in [9.17, 15) is 0 Å². The highest BCUT2D eigenvalue weighted by Crippen LogP contribution is 2.22.